The summed E-state index contributed by atoms with van der Waals surface area (Å²) in [6, 6.07) is 0. The van der Waals surface area contributed by atoms with Crippen molar-refractivity contribution in [2.24, 2.45) is 0 Å². The molecule has 9 nitrogen and oxygen atoms in total. The van der Waals surface area contributed by atoms with E-state index in [2.05, 4.69) is 4.98 Å². The maximum absolute atomic E-state index is 12.0. The standard InChI is InChI=1S/C10H15N5O4/c1-19-14-6-4-12(5-7-14)9(16)8-13-3-2-11-10(13)15(17)18/h2-3H,4-8H2,1H3. The van der Waals surface area contributed by atoms with Crippen LogP contribution in [0.4, 0.5) is 5.95 Å². The van der Waals surface area contributed by atoms with Gasteiger partial charge < -0.3 is 19.9 Å². The minimum absolute atomic E-state index is 0.0662. The second kappa shape index (κ2) is 5.76. The summed E-state index contributed by atoms with van der Waals surface area (Å²) in [5.41, 5.74) is 0. The summed E-state index contributed by atoms with van der Waals surface area (Å²) in [6.07, 6.45) is 2.75. The van der Waals surface area contributed by atoms with Crippen LogP contribution in [0.5, 0.6) is 0 Å². The molecule has 104 valence electrons. The van der Waals surface area contributed by atoms with Gasteiger partial charge in [-0.2, -0.15) is 5.06 Å². The van der Waals surface area contributed by atoms with Gasteiger partial charge in [-0.1, -0.05) is 4.98 Å². The summed E-state index contributed by atoms with van der Waals surface area (Å²) in [5, 5.41) is 12.5. The molecule has 19 heavy (non-hydrogen) atoms. The van der Waals surface area contributed by atoms with Crippen molar-refractivity contribution in [1.29, 1.82) is 0 Å². The van der Waals surface area contributed by atoms with Gasteiger partial charge in [-0.25, -0.2) is 4.57 Å². The Morgan fingerprint density at radius 1 is 1.47 bits per heavy atom. The highest BCUT2D eigenvalue weighted by atomic mass is 16.7. The lowest BCUT2D eigenvalue weighted by Gasteiger charge is -2.32. The van der Waals surface area contributed by atoms with Crippen LogP contribution >= 0.6 is 0 Å². The molecular formula is C10H15N5O4. The minimum atomic E-state index is -0.601. The van der Waals surface area contributed by atoms with Crippen LogP contribution in [0.1, 0.15) is 0 Å². The first kappa shape index (κ1) is 13.4. The lowest BCUT2D eigenvalue weighted by molar-refractivity contribution is -0.396. The van der Waals surface area contributed by atoms with Crippen molar-refractivity contribution >= 4 is 11.9 Å². The molecule has 0 radical (unpaired) electrons. The number of aromatic nitrogens is 2. The molecule has 0 spiro atoms. The predicted octanol–water partition coefficient (Wildman–Crippen LogP) is -0.503. The average Bonchev–Trinajstić information content (AvgIpc) is 2.87. The molecule has 1 fully saturated rings. The van der Waals surface area contributed by atoms with Crippen LogP contribution in [0.25, 0.3) is 0 Å². The summed E-state index contributed by atoms with van der Waals surface area (Å²) in [5.74, 6) is -0.472. The fourth-order valence-electron chi connectivity index (χ4n) is 1.96. The van der Waals surface area contributed by atoms with Gasteiger partial charge in [0.2, 0.25) is 0 Å². The number of imidazole rings is 1. The number of carbonyl (C=O) groups is 1. The van der Waals surface area contributed by atoms with Gasteiger partial charge in [0.1, 0.15) is 12.4 Å². The topological polar surface area (TPSA) is 93.7 Å². The van der Waals surface area contributed by atoms with Crippen LogP contribution in [0.3, 0.4) is 0 Å². The van der Waals surface area contributed by atoms with Crippen LogP contribution in [-0.4, -0.2) is 63.6 Å². The van der Waals surface area contributed by atoms with E-state index in [0.717, 1.165) is 0 Å². The molecule has 1 aromatic rings. The van der Waals surface area contributed by atoms with Crippen molar-refractivity contribution in [1.82, 2.24) is 19.5 Å². The van der Waals surface area contributed by atoms with Crippen LogP contribution in [0, 0.1) is 10.1 Å². The van der Waals surface area contributed by atoms with E-state index >= 15 is 0 Å². The Morgan fingerprint density at radius 2 is 2.16 bits per heavy atom. The number of nitrogens with zero attached hydrogens (tertiary/aromatic N) is 5. The van der Waals surface area contributed by atoms with Gasteiger partial charge >= 0.3 is 5.95 Å². The Bertz CT molecular complexity index is 466. The third kappa shape index (κ3) is 3.06. The van der Waals surface area contributed by atoms with Gasteiger partial charge in [0.05, 0.1) is 7.11 Å². The molecular weight excluding hydrogens is 254 g/mol. The molecule has 1 amide bonds. The Balaban J connectivity index is 1.94. The molecule has 0 aromatic carbocycles. The number of nitro groups is 1. The molecule has 1 aliphatic rings. The number of piperazine rings is 1. The maximum Gasteiger partial charge on any atom is 0.435 e. The summed E-state index contributed by atoms with van der Waals surface area (Å²) >= 11 is 0. The van der Waals surface area contributed by atoms with E-state index in [9.17, 15) is 14.9 Å². The van der Waals surface area contributed by atoms with Gasteiger partial charge in [-0.3, -0.25) is 4.79 Å². The van der Waals surface area contributed by atoms with Crippen molar-refractivity contribution in [2.45, 2.75) is 6.54 Å². The smallest absolute Gasteiger partial charge is 0.390 e. The van der Waals surface area contributed by atoms with E-state index in [0.29, 0.717) is 26.2 Å². The lowest BCUT2D eigenvalue weighted by Crippen LogP contribution is -2.49. The molecule has 0 unspecified atom stereocenters. The van der Waals surface area contributed by atoms with E-state index in [4.69, 9.17) is 4.84 Å². The molecule has 0 bridgehead atoms. The first-order chi connectivity index (χ1) is 9.11. The number of hydrogen-bond donors (Lipinski definition) is 0. The quantitative estimate of drug-likeness (QED) is 0.540. The Kier molecular flexibility index (Phi) is 4.07. The van der Waals surface area contributed by atoms with Gasteiger partial charge in [0, 0.05) is 26.2 Å². The molecule has 1 aliphatic heterocycles. The Morgan fingerprint density at radius 3 is 2.74 bits per heavy atom. The van der Waals surface area contributed by atoms with E-state index in [1.165, 1.54) is 17.0 Å². The minimum Gasteiger partial charge on any atom is -0.390 e. The molecule has 2 heterocycles. The second-order valence-corrected chi connectivity index (χ2v) is 4.10. The fraction of sp³-hybridized carbons (Fsp3) is 0.600. The number of carbonyl (C=O) groups excluding carboxylic acids is 1. The predicted molar refractivity (Wildman–Crippen MR) is 64.0 cm³/mol. The Hall–Kier alpha value is -2.00. The lowest BCUT2D eigenvalue weighted by atomic mass is 10.3. The molecule has 0 N–H and O–H groups in total. The van der Waals surface area contributed by atoms with E-state index < -0.39 is 4.92 Å². The highest BCUT2D eigenvalue weighted by Crippen LogP contribution is 2.09. The highest BCUT2D eigenvalue weighted by molar-refractivity contribution is 5.76. The van der Waals surface area contributed by atoms with Gasteiger partial charge in [0.15, 0.2) is 6.54 Å². The normalized spacial score (nSPS) is 16.6. The number of amides is 1. The summed E-state index contributed by atoms with van der Waals surface area (Å²) in [7, 11) is 1.59. The van der Waals surface area contributed by atoms with Crippen LogP contribution in [0.2, 0.25) is 0 Å². The first-order valence-electron chi connectivity index (χ1n) is 5.84. The summed E-state index contributed by atoms with van der Waals surface area (Å²) < 4.78 is 1.24. The number of rotatable bonds is 4. The van der Waals surface area contributed by atoms with Crippen LogP contribution < -0.4 is 0 Å². The van der Waals surface area contributed by atoms with Crippen molar-refractivity contribution in [3.05, 3.63) is 22.5 Å². The van der Waals surface area contributed by atoms with Gasteiger partial charge in [-0.15, -0.1) is 0 Å². The number of hydrogen-bond acceptors (Lipinski definition) is 6. The van der Waals surface area contributed by atoms with Crippen molar-refractivity contribution in [3.63, 3.8) is 0 Å². The van der Waals surface area contributed by atoms with Gasteiger partial charge in [0.25, 0.3) is 5.91 Å². The molecule has 0 aliphatic carbocycles. The molecule has 0 atom stereocenters. The molecule has 0 saturated carbocycles. The average molecular weight is 269 g/mol. The van der Waals surface area contributed by atoms with Crippen molar-refractivity contribution < 1.29 is 14.6 Å². The molecule has 2 rings (SSSR count). The third-order valence-electron chi connectivity index (χ3n) is 3.01. The SMILES string of the molecule is CON1CCN(C(=O)Cn2ccnc2[N+](=O)[O-])CC1. The van der Waals surface area contributed by atoms with Crippen molar-refractivity contribution in [2.75, 3.05) is 33.3 Å². The maximum atomic E-state index is 12.0. The molecule has 1 aromatic heterocycles. The van der Waals surface area contributed by atoms with E-state index in [1.807, 2.05) is 0 Å². The van der Waals surface area contributed by atoms with E-state index in [1.54, 1.807) is 17.1 Å². The fourth-order valence-corrected chi connectivity index (χ4v) is 1.96. The number of hydroxylamine groups is 2. The van der Waals surface area contributed by atoms with E-state index in [-0.39, 0.29) is 18.4 Å². The highest BCUT2D eigenvalue weighted by Gasteiger charge is 2.24. The zero-order valence-corrected chi connectivity index (χ0v) is 10.6. The summed E-state index contributed by atoms with van der Waals surface area (Å²) in [6.45, 7) is 2.30. The molecule has 9 heteroatoms. The first-order valence-corrected chi connectivity index (χ1v) is 5.84. The monoisotopic (exact) mass is 269 g/mol. The molecule has 1 saturated heterocycles. The largest absolute Gasteiger partial charge is 0.435 e. The van der Waals surface area contributed by atoms with Gasteiger partial charge in [-0.05, 0) is 4.92 Å². The summed E-state index contributed by atoms with van der Waals surface area (Å²) in [4.78, 5) is 32.5. The Labute approximate surface area is 109 Å². The zero-order chi connectivity index (χ0) is 13.8. The van der Waals surface area contributed by atoms with Crippen LogP contribution in [0.15, 0.2) is 12.4 Å². The second-order valence-electron chi connectivity index (χ2n) is 4.10. The van der Waals surface area contributed by atoms with Crippen LogP contribution in [-0.2, 0) is 16.2 Å². The third-order valence-corrected chi connectivity index (χ3v) is 3.01. The van der Waals surface area contributed by atoms with Crippen molar-refractivity contribution in [3.8, 4) is 0 Å². The zero-order valence-electron chi connectivity index (χ0n) is 10.6.